The molecule has 120 valence electrons. The molecule has 2 atom stereocenters. The predicted molar refractivity (Wildman–Crippen MR) is 98.2 cm³/mol. The Kier molecular flexibility index (Phi) is 4.91. The summed E-state index contributed by atoms with van der Waals surface area (Å²) in [6.45, 7) is 6.44. The standard InChI is InChI=1S/C21H24OS/c1-14-11-15(2)20(16(3)12-14)23-21-18(13-19(21)22)10-9-17-7-5-4-6-8-17/h4-8,11-12,18,21H,9-10,13H2,1-3H3/t18-,21+/m1/s1. The van der Waals surface area contributed by atoms with Gasteiger partial charge in [-0.1, -0.05) is 48.0 Å². The average Bonchev–Trinajstić information content (AvgIpc) is 2.51. The number of hydrogen-bond donors (Lipinski definition) is 0. The molecule has 0 bridgehead atoms. The number of ketones is 1. The first-order valence-corrected chi connectivity index (χ1v) is 9.23. The summed E-state index contributed by atoms with van der Waals surface area (Å²) in [5.74, 6) is 0.945. The molecule has 0 aromatic heterocycles. The number of rotatable bonds is 5. The van der Waals surface area contributed by atoms with Crippen LogP contribution in [0.15, 0.2) is 47.4 Å². The number of thioether (sulfide) groups is 1. The molecule has 3 rings (SSSR count). The fourth-order valence-electron chi connectivity index (χ4n) is 3.48. The monoisotopic (exact) mass is 324 g/mol. The predicted octanol–water partition coefficient (Wildman–Crippen LogP) is 5.29. The Balaban J connectivity index is 1.66. The van der Waals surface area contributed by atoms with Gasteiger partial charge in [0.2, 0.25) is 0 Å². The topological polar surface area (TPSA) is 17.1 Å². The lowest BCUT2D eigenvalue weighted by Gasteiger charge is -2.35. The highest BCUT2D eigenvalue weighted by atomic mass is 32.2. The maximum Gasteiger partial charge on any atom is 0.146 e. The van der Waals surface area contributed by atoms with E-state index in [0.717, 1.165) is 19.3 Å². The zero-order valence-electron chi connectivity index (χ0n) is 14.1. The van der Waals surface area contributed by atoms with Gasteiger partial charge in [-0.05, 0) is 56.2 Å². The molecule has 1 aliphatic rings. The second-order valence-corrected chi connectivity index (χ2v) is 7.87. The second-order valence-electron chi connectivity index (χ2n) is 6.72. The summed E-state index contributed by atoms with van der Waals surface area (Å²) in [6.07, 6.45) is 2.94. The molecule has 0 aliphatic heterocycles. The van der Waals surface area contributed by atoms with Gasteiger partial charge in [0.25, 0.3) is 0 Å². The SMILES string of the molecule is Cc1cc(C)c(S[C@@H]2C(=O)C[C@H]2CCc2ccccc2)c(C)c1. The molecular formula is C21H24OS. The van der Waals surface area contributed by atoms with Gasteiger partial charge in [0.05, 0.1) is 5.25 Å². The molecule has 1 saturated carbocycles. The minimum Gasteiger partial charge on any atom is -0.298 e. The van der Waals surface area contributed by atoms with Crippen molar-refractivity contribution in [1.29, 1.82) is 0 Å². The number of benzene rings is 2. The van der Waals surface area contributed by atoms with Crippen molar-refractivity contribution in [3.05, 3.63) is 64.7 Å². The molecule has 0 unspecified atom stereocenters. The highest BCUT2D eigenvalue weighted by Gasteiger charge is 2.40. The Bertz CT molecular complexity index is 682. The van der Waals surface area contributed by atoms with E-state index in [2.05, 4.69) is 63.2 Å². The lowest BCUT2D eigenvalue weighted by Crippen LogP contribution is -2.40. The summed E-state index contributed by atoms with van der Waals surface area (Å²) in [5.41, 5.74) is 5.27. The van der Waals surface area contributed by atoms with Gasteiger partial charge in [0.1, 0.15) is 5.78 Å². The van der Waals surface area contributed by atoms with E-state index >= 15 is 0 Å². The van der Waals surface area contributed by atoms with Gasteiger partial charge in [0, 0.05) is 11.3 Å². The molecule has 0 heterocycles. The molecular weight excluding hydrogens is 300 g/mol. The van der Waals surface area contributed by atoms with Gasteiger partial charge >= 0.3 is 0 Å². The van der Waals surface area contributed by atoms with Gasteiger partial charge in [-0.25, -0.2) is 0 Å². The van der Waals surface area contributed by atoms with Crippen molar-refractivity contribution in [3.8, 4) is 0 Å². The van der Waals surface area contributed by atoms with Crippen LogP contribution < -0.4 is 0 Å². The van der Waals surface area contributed by atoms with E-state index in [4.69, 9.17) is 0 Å². The lowest BCUT2D eigenvalue weighted by atomic mass is 9.79. The molecule has 23 heavy (non-hydrogen) atoms. The minimum atomic E-state index is 0.152. The highest BCUT2D eigenvalue weighted by molar-refractivity contribution is 8.00. The van der Waals surface area contributed by atoms with Crippen LogP contribution in [0.3, 0.4) is 0 Å². The Morgan fingerprint density at radius 2 is 1.70 bits per heavy atom. The fraction of sp³-hybridized carbons (Fsp3) is 0.381. The summed E-state index contributed by atoms with van der Waals surface area (Å²) in [7, 11) is 0. The lowest BCUT2D eigenvalue weighted by molar-refractivity contribution is -0.126. The second kappa shape index (κ2) is 6.92. The van der Waals surface area contributed by atoms with Crippen molar-refractivity contribution in [2.45, 2.75) is 50.2 Å². The zero-order chi connectivity index (χ0) is 16.4. The molecule has 0 amide bonds. The molecule has 2 aromatic carbocycles. The van der Waals surface area contributed by atoms with Gasteiger partial charge < -0.3 is 0 Å². The summed E-state index contributed by atoms with van der Waals surface area (Å²) >= 11 is 1.79. The molecule has 0 N–H and O–H groups in total. The van der Waals surface area contributed by atoms with Crippen molar-refractivity contribution in [1.82, 2.24) is 0 Å². The number of aryl methyl sites for hydroxylation is 4. The van der Waals surface area contributed by atoms with Crippen LogP contribution in [0.4, 0.5) is 0 Å². The van der Waals surface area contributed by atoms with E-state index in [9.17, 15) is 4.79 Å². The third kappa shape index (κ3) is 3.69. The van der Waals surface area contributed by atoms with E-state index in [0.29, 0.717) is 11.7 Å². The third-order valence-corrected chi connectivity index (χ3v) is 6.49. The Hall–Kier alpha value is -1.54. The molecule has 1 fully saturated rings. The van der Waals surface area contributed by atoms with Crippen LogP contribution in [0, 0.1) is 26.7 Å². The number of hydrogen-bond acceptors (Lipinski definition) is 2. The van der Waals surface area contributed by atoms with Gasteiger partial charge in [-0.15, -0.1) is 11.8 Å². The molecule has 2 aromatic rings. The van der Waals surface area contributed by atoms with Crippen molar-refractivity contribution in [2.75, 3.05) is 0 Å². The Morgan fingerprint density at radius 1 is 1.04 bits per heavy atom. The largest absolute Gasteiger partial charge is 0.298 e. The molecule has 1 nitrogen and oxygen atoms in total. The van der Waals surface area contributed by atoms with E-state index in [-0.39, 0.29) is 5.25 Å². The number of carbonyl (C=O) groups is 1. The highest BCUT2D eigenvalue weighted by Crippen LogP contribution is 2.43. The molecule has 0 radical (unpaired) electrons. The first-order chi connectivity index (χ1) is 11.0. The fourth-order valence-corrected chi connectivity index (χ4v) is 4.87. The van der Waals surface area contributed by atoms with Crippen LogP contribution in [0.25, 0.3) is 0 Å². The maximum atomic E-state index is 12.1. The summed E-state index contributed by atoms with van der Waals surface area (Å²) in [4.78, 5) is 13.4. The quantitative estimate of drug-likeness (QED) is 0.743. The van der Waals surface area contributed by atoms with Crippen LogP contribution >= 0.6 is 11.8 Å². The molecule has 2 heteroatoms. The van der Waals surface area contributed by atoms with Crippen molar-refractivity contribution in [3.63, 3.8) is 0 Å². The van der Waals surface area contributed by atoms with Crippen LogP contribution in [-0.4, -0.2) is 11.0 Å². The zero-order valence-corrected chi connectivity index (χ0v) is 15.0. The first-order valence-electron chi connectivity index (χ1n) is 8.35. The van der Waals surface area contributed by atoms with Gasteiger partial charge in [-0.3, -0.25) is 4.79 Å². The van der Waals surface area contributed by atoms with Crippen molar-refractivity contribution >= 4 is 17.5 Å². The smallest absolute Gasteiger partial charge is 0.146 e. The third-order valence-electron chi connectivity index (χ3n) is 4.70. The summed E-state index contributed by atoms with van der Waals surface area (Å²) in [6, 6.07) is 15.0. The van der Waals surface area contributed by atoms with Crippen LogP contribution in [-0.2, 0) is 11.2 Å². The summed E-state index contributed by atoms with van der Waals surface area (Å²) in [5, 5.41) is 0.152. The van der Waals surface area contributed by atoms with E-state index < -0.39 is 0 Å². The number of carbonyl (C=O) groups excluding carboxylic acids is 1. The Morgan fingerprint density at radius 3 is 2.30 bits per heavy atom. The van der Waals surface area contributed by atoms with Crippen molar-refractivity contribution in [2.24, 2.45) is 5.92 Å². The maximum absolute atomic E-state index is 12.1. The number of Topliss-reactive ketones (excluding diaryl/α,β-unsaturated/α-hetero) is 1. The van der Waals surface area contributed by atoms with E-state index in [1.165, 1.54) is 27.1 Å². The minimum absolute atomic E-state index is 0.152. The van der Waals surface area contributed by atoms with E-state index in [1.807, 2.05) is 0 Å². The molecule has 0 spiro atoms. The van der Waals surface area contributed by atoms with Crippen LogP contribution in [0.2, 0.25) is 0 Å². The molecule has 0 saturated heterocycles. The van der Waals surface area contributed by atoms with Crippen LogP contribution in [0.5, 0.6) is 0 Å². The Labute approximate surface area is 143 Å². The van der Waals surface area contributed by atoms with Crippen molar-refractivity contribution < 1.29 is 4.79 Å². The van der Waals surface area contributed by atoms with Crippen LogP contribution in [0.1, 0.15) is 35.1 Å². The first kappa shape index (κ1) is 16.3. The van der Waals surface area contributed by atoms with Gasteiger partial charge in [-0.2, -0.15) is 0 Å². The molecule has 1 aliphatic carbocycles. The average molecular weight is 324 g/mol. The van der Waals surface area contributed by atoms with E-state index in [1.54, 1.807) is 11.8 Å². The van der Waals surface area contributed by atoms with Gasteiger partial charge in [0.15, 0.2) is 0 Å². The normalized spacial score (nSPS) is 20.4. The summed E-state index contributed by atoms with van der Waals surface area (Å²) < 4.78 is 0.